The van der Waals surface area contributed by atoms with E-state index in [1.54, 1.807) is 24.3 Å². The van der Waals surface area contributed by atoms with Gasteiger partial charge in [0.05, 0.1) is 7.11 Å². The Morgan fingerprint density at radius 3 is 2.57 bits per heavy atom. The van der Waals surface area contributed by atoms with Gasteiger partial charge in [-0.1, -0.05) is 18.2 Å². The van der Waals surface area contributed by atoms with Gasteiger partial charge in [0, 0.05) is 12.1 Å². The number of halogens is 2. The van der Waals surface area contributed by atoms with Crippen molar-refractivity contribution in [1.29, 1.82) is 0 Å². The highest BCUT2D eigenvalue weighted by molar-refractivity contribution is 7.89. The molecule has 0 heterocycles. The summed E-state index contributed by atoms with van der Waals surface area (Å²) in [6.45, 7) is -0.0949. The van der Waals surface area contributed by atoms with E-state index >= 15 is 0 Å². The van der Waals surface area contributed by atoms with E-state index in [0.717, 1.165) is 12.1 Å². The van der Waals surface area contributed by atoms with Gasteiger partial charge in [0.15, 0.2) is 0 Å². The Bertz CT molecular complexity index is 748. The van der Waals surface area contributed by atoms with Crippen LogP contribution in [0.3, 0.4) is 0 Å². The Labute approximate surface area is 121 Å². The summed E-state index contributed by atoms with van der Waals surface area (Å²) in [6.07, 6.45) is 0. The molecule has 7 heteroatoms. The third kappa shape index (κ3) is 3.56. The first-order valence-corrected chi connectivity index (χ1v) is 7.49. The van der Waals surface area contributed by atoms with Crippen molar-refractivity contribution in [3.8, 4) is 5.75 Å². The maximum atomic E-state index is 13.5. The highest BCUT2D eigenvalue weighted by Gasteiger charge is 2.20. The van der Waals surface area contributed by atoms with Gasteiger partial charge in [-0.15, -0.1) is 0 Å². The van der Waals surface area contributed by atoms with Crippen LogP contribution in [0.1, 0.15) is 5.56 Å². The Balaban J connectivity index is 2.24. The van der Waals surface area contributed by atoms with Crippen molar-refractivity contribution in [1.82, 2.24) is 4.72 Å². The molecule has 2 aromatic rings. The Kier molecular flexibility index (Phi) is 4.54. The van der Waals surface area contributed by atoms with Crippen LogP contribution in [0.4, 0.5) is 8.78 Å². The lowest BCUT2D eigenvalue weighted by Gasteiger charge is -2.10. The van der Waals surface area contributed by atoms with Gasteiger partial charge in [-0.05, 0) is 24.3 Å². The lowest BCUT2D eigenvalue weighted by atomic mass is 10.2. The SMILES string of the molecule is COc1ccccc1CNS(=O)(=O)c1cc(F)ccc1F. The lowest BCUT2D eigenvalue weighted by Crippen LogP contribution is -2.24. The van der Waals surface area contributed by atoms with Gasteiger partial charge >= 0.3 is 0 Å². The molecule has 0 saturated heterocycles. The second-order valence-corrected chi connectivity index (χ2v) is 5.95. The highest BCUT2D eigenvalue weighted by Crippen LogP contribution is 2.19. The predicted octanol–water partition coefficient (Wildman–Crippen LogP) is 2.45. The summed E-state index contributed by atoms with van der Waals surface area (Å²) in [5.74, 6) is -1.34. The Morgan fingerprint density at radius 1 is 1.14 bits per heavy atom. The van der Waals surface area contributed by atoms with Crippen molar-refractivity contribution in [2.75, 3.05) is 7.11 Å². The van der Waals surface area contributed by atoms with Crippen molar-refractivity contribution in [2.24, 2.45) is 0 Å². The molecule has 4 nitrogen and oxygen atoms in total. The lowest BCUT2D eigenvalue weighted by molar-refractivity contribution is 0.409. The minimum Gasteiger partial charge on any atom is -0.496 e. The molecule has 0 aromatic heterocycles. The molecular formula is C14H13F2NO3S. The molecule has 0 saturated carbocycles. The fourth-order valence-electron chi connectivity index (χ4n) is 1.78. The number of hydrogen-bond acceptors (Lipinski definition) is 3. The summed E-state index contributed by atoms with van der Waals surface area (Å²) in [5.41, 5.74) is 0.584. The third-order valence-electron chi connectivity index (χ3n) is 2.83. The molecule has 2 aromatic carbocycles. The first-order valence-electron chi connectivity index (χ1n) is 6.00. The maximum absolute atomic E-state index is 13.5. The summed E-state index contributed by atoms with van der Waals surface area (Å²) in [7, 11) is -2.70. The van der Waals surface area contributed by atoms with E-state index in [2.05, 4.69) is 4.72 Å². The average molecular weight is 313 g/mol. The van der Waals surface area contributed by atoms with Gasteiger partial charge in [0.25, 0.3) is 0 Å². The molecule has 0 aliphatic heterocycles. The molecule has 21 heavy (non-hydrogen) atoms. The zero-order valence-electron chi connectivity index (χ0n) is 11.1. The van der Waals surface area contributed by atoms with E-state index in [1.165, 1.54) is 7.11 Å². The summed E-state index contributed by atoms with van der Waals surface area (Å²) in [6, 6.07) is 9.06. The molecule has 0 spiro atoms. The monoisotopic (exact) mass is 313 g/mol. The predicted molar refractivity (Wildman–Crippen MR) is 73.4 cm³/mol. The van der Waals surface area contributed by atoms with Crippen LogP contribution in [-0.2, 0) is 16.6 Å². The van der Waals surface area contributed by atoms with Gasteiger partial charge in [-0.25, -0.2) is 21.9 Å². The molecule has 0 fully saturated rings. The van der Waals surface area contributed by atoms with Crippen molar-refractivity contribution in [3.05, 3.63) is 59.7 Å². The molecule has 0 bridgehead atoms. The molecule has 0 radical (unpaired) electrons. The number of para-hydroxylation sites is 1. The van der Waals surface area contributed by atoms with Crippen LogP contribution in [0.25, 0.3) is 0 Å². The largest absolute Gasteiger partial charge is 0.496 e. The maximum Gasteiger partial charge on any atom is 0.243 e. The average Bonchev–Trinajstić information content (AvgIpc) is 2.48. The van der Waals surface area contributed by atoms with Crippen molar-refractivity contribution >= 4 is 10.0 Å². The van der Waals surface area contributed by atoms with Gasteiger partial charge < -0.3 is 4.74 Å². The minimum absolute atomic E-state index is 0.0949. The molecule has 0 aliphatic carbocycles. The van der Waals surface area contributed by atoms with Crippen LogP contribution >= 0.6 is 0 Å². The van der Waals surface area contributed by atoms with Crippen LogP contribution in [0.2, 0.25) is 0 Å². The van der Waals surface area contributed by atoms with Crippen LogP contribution < -0.4 is 9.46 Å². The summed E-state index contributed by atoms with van der Waals surface area (Å²) in [5, 5.41) is 0. The summed E-state index contributed by atoms with van der Waals surface area (Å²) >= 11 is 0. The summed E-state index contributed by atoms with van der Waals surface area (Å²) < 4.78 is 58.0. The van der Waals surface area contributed by atoms with E-state index < -0.39 is 26.6 Å². The second kappa shape index (κ2) is 6.19. The first-order chi connectivity index (χ1) is 9.94. The number of sulfonamides is 1. The van der Waals surface area contributed by atoms with Crippen LogP contribution in [0.15, 0.2) is 47.4 Å². The molecule has 112 valence electrons. The number of ether oxygens (including phenoxy) is 1. The van der Waals surface area contributed by atoms with E-state index in [1.807, 2.05) is 0 Å². The van der Waals surface area contributed by atoms with E-state index in [9.17, 15) is 17.2 Å². The smallest absolute Gasteiger partial charge is 0.243 e. The Hall–Kier alpha value is -1.99. The van der Waals surface area contributed by atoms with Crippen molar-refractivity contribution < 1.29 is 21.9 Å². The zero-order chi connectivity index (χ0) is 15.5. The number of methoxy groups -OCH3 is 1. The molecule has 2 rings (SSSR count). The number of benzene rings is 2. The van der Waals surface area contributed by atoms with Crippen molar-refractivity contribution in [3.63, 3.8) is 0 Å². The van der Waals surface area contributed by atoms with Gasteiger partial charge in [-0.3, -0.25) is 0 Å². The second-order valence-electron chi connectivity index (χ2n) is 4.21. The van der Waals surface area contributed by atoms with E-state index in [4.69, 9.17) is 4.74 Å². The number of rotatable bonds is 5. The van der Waals surface area contributed by atoms with Crippen LogP contribution in [0.5, 0.6) is 5.75 Å². The molecular weight excluding hydrogens is 300 g/mol. The van der Waals surface area contributed by atoms with E-state index in [-0.39, 0.29) is 6.54 Å². The first kappa shape index (κ1) is 15.4. The highest BCUT2D eigenvalue weighted by atomic mass is 32.2. The topological polar surface area (TPSA) is 55.4 Å². The summed E-state index contributed by atoms with van der Waals surface area (Å²) in [4.78, 5) is -0.725. The van der Waals surface area contributed by atoms with Gasteiger partial charge in [-0.2, -0.15) is 0 Å². The van der Waals surface area contributed by atoms with E-state index in [0.29, 0.717) is 17.4 Å². The minimum atomic E-state index is -4.16. The molecule has 0 unspecified atom stereocenters. The fourth-order valence-corrected chi connectivity index (χ4v) is 2.88. The molecule has 0 atom stereocenters. The third-order valence-corrected chi connectivity index (χ3v) is 4.24. The molecule has 0 aliphatic rings. The van der Waals surface area contributed by atoms with Crippen LogP contribution in [0, 0.1) is 11.6 Å². The van der Waals surface area contributed by atoms with Gasteiger partial charge in [0.1, 0.15) is 22.3 Å². The normalized spacial score (nSPS) is 11.4. The van der Waals surface area contributed by atoms with Gasteiger partial charge in [0.2, 0.25) is 10.0 Å². The standard InChI is InChI=1S/C14H13F2NO3S/c1-20-13-5-3-2-4-10(13)9-17-21(18,19)14-8-11(15)6-7-12(14)16/h2-8,17H,9H2,1H3. The zero-order valence-corrected chi connectivity index (χ0v) is 12.0. The Morgan fingerprint density at radius 2 is 1.86 bits per heavy atom. The number of hydrogen-bond donors (Lipinski definition) is 1. The fraction of sp³-hybridized carbons (Fsp3) is 0.143. The van der Waals surface area contributed by atoms with Crippen LogP contribution in [-0.4, -0.2) is 15.5 Å². The quantitative estimate of drug-likeness (QED) is 0.922. The number of nitrogens with one attached hydrogen (secondary N) is 1. The molecule has 0 amide bonds. The molecule has 1 N–H and O–H groups in total. The van der Waals surface area contributed by atoms with Crippen molar-refractivity contribution in [2.45, 2.75) is 11.4 Å².